The van der Waals surface area contributed by atoms with Gasteiger partial charge in [-0.15, -0.1) is 0 Å². The van der Waals surface area contributed by atoms with Crippen LogP contribution in [-0.2, 0) is 19.1 Å². The van der Waals surface area contributed by atoms with Crippen LogP contribution in [0.4, 0.5) is 10.5 Å². The summed E-state index contributed by atoms with van der Waals surface area (Å²) in [6.07, 6.45) is -0.432. The van der Waals surface area contributed by atoms with E-state index in [1.165, 1.54) is 11.8 Å². The average Bonchev–Trinajstić information content (AvgIpc) is 3.03. The zero-order valence-corrected chi connectivity index (χ0v) is 16.7. The molecule has 1 aromatic carbocycles. The van der Waals surface area contributed by atoms with E-state index in [1.54, 1.807) is 45.0 Å². The molecule has 1 heterocycles. The molecule has 0 saturated carbocycles. The Kier molecular flexibility index (Phi) is 6.70. The molecule has 0 spiro atoms. The van der Waals surface area contributed by atoms with Crippen molar-refractivity contribution in [1.82, 2.24) is 4.90 Å². The van der Waals surface area contributed by atoms with Crippen LogP contribution in [-0.4, -0.2) is 47.2 Å². The van der Waals surface area contributed by atoms with Gasteiger partial charge in [0.25, 0.3) is 5.91 Å². The first kappa shape index (κ1) is 21.0. The molecule has 8 heteroatoms. The topological polar surface area (TPSA) is 84.9 Å². The molecule has 1 fully saturated rings. The van der Waals surface area contributed by atoms with Crippen molar-refractivity contribution < 1.29 is 23.9 Å². The molecule has 0 bridgehead atoms. The average molecular weight is 397 g/mol. The minimum Gasteiger partial charge on any atom is -0.451 e. The van der Waals surface area contributed by atoms with Gasteiger partial charge in [0.05, 0.1) is 0 Å². The minimum absolute atomic E-state index is 0.414. The maximum atomic E-state index is 12.5. The highest BCUT2D eigenvalue weighted by Gasteiger charge is 2.38. The summed E-state index contributed by atoms with van der Waals surface area (Å²) < 4.78 is 10.6. The van der Waals surface area contributed by atoms with E-state index in [4.69, 9.17) is 21.1 Å². The Bertz CT molecular complexity index is 716. The van der Waals surface area contributed by atoms with Gasteiger partial charge in [-0.25, -0.2) is 9.59 Å². The van der Waals surface area contributed by atoms with Gasteiger partial charge in [0.1, 0.15) is 11.6 Å². The summed E-state index contributed by atoms with van der Waals surface area (Å²) in [6, 6.07) is 5.91. The van der Waals surface area contributed by atoms with Crippen LogP contribution in [0.25, 0.3) is 0 Å². The van der Waals surface area contributed by atoms with E-state index < -0.39 is 35.7 Å². The molecule has 0 unspecified atom stereocenters. The van der Waals surface area contributed by atoms with Crippen molar-refractivity contribution in [3.63, 3.8) is 0 Å². The SMILES string of the molecule is C[C@@H](OC(=O)[C@@H]1CCCN1C(=O)OC(C)(C)C)C(=O)Nc1cccc(Cl)c1. The summed E-state index contributed by atoms with van der Waals surface area (Å²) in [5.41, 5.74) is -0.148. The first-order chi connectivity index (χ1) is 12.6. The maximum absolute atomic E-state index is 12.5. The number of halogens is 1. The van der Waals surface area contributed by atoms with Crippen molar-refractivity contribution >= 4 is 35.3 Å². The number of carbonyl (C=O) groups excluding carboxylic acids is 3. The lowest BCUT2D eigenvalue weighted by atomic mass is 10.2. The van der Waals surface area contributed by atoms with Crippen LogP contribution in [0.1, 0.15) is 40.5 Å². The van der Waals surface area contributed by atoms with E-state index in [0.717, 1.165) is 0 Å². The van der Waals surface area contributed by atoms with Crippen molar-refractivity contribution in [3.8, 4) is 0 Å². The number of esters is 1. The number of carbonyl (C=O) groups is 3. The third-order valence-electron chi connectivity index (χ3n) is 3.91. The van der Waals surface area contributed by atoms with Crippen molar-refractivity contribution in [2.45, 2.75) is 58.3 Å². The maximum Gasteiger partial charge on any atom is 0.411 e. The Hall–Kier alpha value is -2.28. The fourth-order valence-electron chi connectivity index (χ4n) is 2.67. The van der Waals surface area contributed by atoms with Crippen molar-refractivity contribution in [1.29, 1.82) is 0 Å². The Morgan fingerprint density at radius 3 is 2.63 bits per heavy atom. The summed E-state index contributed by atoms with van der Waals surface area (Å²) in [6.45, 7) is 7.17. The molecule has 2 atom stereocenters. The van der Waals surface area contributed by atoms with Gasteiger partial charge in [0.2, 0.25) is 0 Å². The van der Waals surface area contributed by atoms with Crippen molar-refractivity contribution in [3.05, 3.63) is 29.3 Å². The van der Waals surface area contributed by atoms with Gasteiger partial charge in [-0.05, 0) is 58.7 Å². The van der Waals surface area contributed by atoms with Crippen LogP contribution >= 0.6 is 11.6 Å². The number of benzene rings is 1. The Morgan fingerprint density at radius 2 is 2.00 bits per heavy atom. The lowest BCUT2D eigenvalue weighted by molar-refractivity contribution is -0.157. The van der Waals surface area contributed by atoms with Crippen LogP contribution in [0.2, 0.25) is 5.02 Å². The van der Waals surface area contributed by atoms with E-state index in [2.05, 4.69) is 5.32 Å². The Balaban J connectivity index is 1.94. The monoisotopic (exact) mass is 396 g/mol. The summed E-state index contributed by atoms with van der Waals surface area (Å²) in [5, 5.41) is 3.12. The third-order valence-corrected chi connectivity index (χ3v) is 4.14. The summed E-state index contributed by atoms with van der Waals surface area (Å²) >= 11 is 5.88. The minimum atomic E-state index is -1.02. The molecular weight excluding hydrogens is 372 g/mol. The van der Waals surface area contributed by atoms with Crippen molar-refractivity contribution in [2.24, 2.45) is 0 Å². The van der Waals surface area contributed by atoms with Crippen LogP contribution in [0.15, 0.2) is 24.3 Å². The lowest BCUT2D eigenvalue weighted by Gasteiger charge is -2.28. The standard InChI is InChI=1S/C19H25ClN2O5/c1-12(16(23)21-14-8-5-7-13(20)11-14)26-17(24)15-9-6-10-22(15)18(25)27-19(2,3)4/h5,7-8,11-12,15H,6,9-10H2,1-4H3,(H,21,23)/t12-,15+/m1/s1. The van der Waals surface area contributed by atoms with E-state index >= 15 is 0 Å². The van der Waals surface area contributed by atoms with Gasteiger partial charge >= 0.3 is 12.1 Å². The van der Waals surface area contributed by atoms with E-state index in [0.29, 0.717) is 30.1 Å². The van der Waals surface area contributed by atoms with Crippen LogP contribution in [0, 0.1) is 0 Å². The molecule has 1 saturated heterocycles. The second-order valence-corrected chi connectivity index (χ2v) is 7.85. The second-order valence-electron chi connectivity index (χ2n) is 7.41. The molecular formula is C19H25ClN2O5. The number of nitrogens with zero attached hydrogens (tertiary/aromatic N) is 1. The van der Waals surface area contributed by atoms with Gasteiger partial charge in [-0.2, -0.15) is 0 Å². The van der Waals surface area contributed by atoms with E-state index in [1.807, 2.05) is 0 Å². The quantitative estimate of drug-likeness (QED) is 0.786. The Morgan fingerprint density at radius 1 is 1.30 bits per heavy atom. The number of anilines is 1. The zero-order chi connectivity index (χ0) is 20.2. The van der Waals surface area contributed by atoms with Crippen LogP contribution in [0.5, 0.6) is 0 Å². The molecule has 0 radical (unpaired) electrons. The molecule has 0 aromatic heterocycles. The number of amides is 2. The molecule has 2 rings (SSSR count). The third kappa shape index (κ3) is 6.13. The summed E-state index contributed by atoms with van der Waals surface area (Å²) in [4.78, 5) is 38.3. The highest BCUT2D eigenvalue weighted by molar-refractivity contribution is 6.30. The molecule has 1 N–H and O–H groups in total. The first-order valence-corrected chi connectivity index (χ1v) is 9.21. The largest absolute Gasteiger partial charge is 0.451 e. The molecule has 27 heavy (non-hydrogen) atoms. The first-order valence-electron chi connectivity index (χ1n) is 8.83. The predicted octanol–water partition coefficient (Wildman–Crippen LogP) is 3.61. The normalized spacial score (nSPS) is 18.0. The number of rotatable bonds is 4. The van der Waals surface area contributed by atoms with Crippen LogP contribution < -0.4 is 5.32 Å². The summed E-state index contributed by atoms with van der Waals surface area (Å²) in [7, 11) is 0. The molecule has 148 valence electrons. The lowest BCUT2D eigenvalue weighted by Crippen LogP contribution is -2.45. The molecule has 7 nitrogen and oxygen atoms in total. The van der Waals surface area contributed by atoms with Gasteiger partial charge < -0.3 is 14.8 Å². The van der Waals surface area contributed by atoms with E-state index in [-0.39, 0.29) is 0 Å². The van der Waals surface area contributed by atoms with Gasteiger partial charge in [-0.1, -0.05) is 17.7 Å². The highest BCUT2D eigenvalue weighted by atomic mass is 35.5. The van der Waals surface area contributed by atoms with Gasteiger partial charge in [-0.3, -0.25) is 9.69 Å². The van der Waals surface area contributed by atoms with E-state index in [9.17, 15) is 14.4 Å². The number of hydrogen-bond donors (Lipinski definition) is 1. The van der Waals surface area contributed by atoms with Gasteiger partial charge in [0, 0.05) is 17.3 Å². The van der Waals surface area contributed by atoms with Gasteiger partial charge in [0.15, 0.2) is 6.10 Å². The number of hydrogen-bond acceptors (Lipinski definition) is 5. The molecule has 2 amide bonds. The Labute approximate surface area is 163 Å². The number of nitrogens with one attached hydrogen (secondary N) is 1. The predicted molar refractivity (Wildman–Crippen MR) is 102 cm³/mol. The second kappa shape index (κ2) is 8.61. The highest BCUT2D eigenvalue weighted by Crippen LogP contribution is 2.22. The fraction of sp³-hybridized carbons (Fsp3) is 0.526. The number of likely N-dealkylation sites (tertiary alicyclic amines) is 1. The molecule has 1 aromatic rings. The molecule has 0 aliphatic carbocycles. The zero-order valence-electron chi connectivity index (χ0n) is 16.0. The van der Waals surface area contributed by atoms with Crippen LogP contribution in [0.3, 0.4) is 0 Å². The number of ether oxygens (including phenoxy) is 2. The molecule has 1 aliphatic rings. The fourth-order valence-corrected chi connectivity index (χ4v) is 2.86. The smallest absolute Gasteiger partial charge is 0.411 e. The van der Waals surface area contributed by atoms with Crippen molar-refractivity contribution in [2.75, 3.05) is 11.9 Å². The molecule has 1 aliphatic heterocycles. The summed E-state index contributed by atoms with van der Waals surface area (Å²) in [5.74, 6) is -1.10.